The van der Waals surface area contributed by atoms with Gasteiger partial charge in [-0.2, -0.15) is 0 Å². The summed E-state index contributed by atoms with van der Waals surface area (Å²) in [5, 5.41) is 0. The summed E-state index contributed by atoms with van der Waals surface area (Å²) in [6.07, 6.45) is 4.06. The van der Waals surface area contributed by atoms with Gasteiger partial charge in [-0.25, -0.2) is 9.37 Å². The van der Waals surface area contributed by atoms with Crippen LogP contribution in [0.3, 0.4) is 0 Å². The van der Waals surface area contributed by atoms with E-state index in [4.69, 9.17) is 4.98 Å². The van der Waals surface area contributed by atoms with Crippen LogP contribution < -0.4 is 4.90 Å². The van der Waals surface area contributed by atoms with Crippen LogP contribution in [0.25, 0.3) is 11.4 Å². The van der Waals surface area contributed by atoms with Gasteiger partial charge < -0.3 is 14.4 Å². The van der Waals surface area contributed by atoms with Crippen LogP contribution >= 0.6 is 0 Å². The molecule has 5 nitrogen and oxygen atoms in total. The Bertz CT molecular complexity index is 1150. The van der Waals surface area contributed by atoms with Crippen LogP contribution in [0.15, 0.2) is 48.5 Å². The number of halogens is 1. The van der Waals surface area contributed by atoms with Crippen LogP contribution in [0, 0.1) is 12.7 Å². The number of carbonyl (C=O) groups excluding carboxylic acids is 1. The Labute approximate surface area is 194 Å². The third-order valence-electron chi connectivity index (χ3n) is 6.93. The average Bonchev–Trinajstić information content (AvgIpc) is 3.00. The Morgan fingerprint density at radius 1 is 1.03 bits per heavy atom. The van der Waals surface area contributed by atoms with E-state index in [1.165, 1.54) is 23.4 Å². The molecule has 1 unspecified atom stereocenters. The van der Waals surface area contributed by atoms with Gasteiger partial charge in [0.15, 0.2) is 0 Å². The molecule has 1 aromatic heterocycles. The molecule has 0 radical (unpaired) electrons. The van der Waals surface area contributed by atoms with Crippen LogP contribution in [-0.2, 0) is 13.0 Å². The van der Waals surface area contributed by atoms with Gasteiger partial charge >= 0.3 is 0 Å². The second-order valence-corrected chi connectivity index (χ2v) is 9.33. The van der Waals surface area contributed by atoms with Crippen LogP contribution in [0.5, 0.6) is 0 Å². The van der Waals surface area contributed by atoms with Crippen molar-refractivity contribution in [1.29, 1.82) is 0 Å². The SMILES string of the molecule is Cc1ccc(N2CCN(C(=O)c3nc(-c4cccc(F)c4)n4c3CCCCC4)CC2C)cc1. The van der Waals surface area contributed by atoms with E-state index < -0.39 is 0 Å². The zero-order valence-corrected chi connectivity index (χ0v) is 19.4. The molecule has 0 aliphatic carbocycles. The quantitative estimate of drug-likeness (QED) is 0.564. The first-order chi connectivity index (χ1) is 16.0. The molecule has 6 heteroatoms. The van der Waals surface area contributed by atoms with E-state index in [1.54, 1.807) is 6.07 Å². The Morgan fingerprint density at radius 3 is 2.61 bits per heavy atom. The van der Waals surface area contributed by atoms with Crippen molar-refractivity contribution in [3.8, 4) is 11.4 Å². The summed E-state index contributed by atoms with van der Waals surface area (Å²) < 4.78 is 16.1. The first kappa shape index (κ1) is 21.7. The zero-order chi connectivity index (χ0) is 22.9. The fourth-order valence-corrected chi connectivity index (χ4v) is 5.15. The summed E-state index contributed by atoms with van der Waals surface area (Å²) in [6, 6.07) is 15.3. The van der Waals surface area contributed by atoms with Crippen molar-refractivity contribution in [3.05, 3.63) is 71.3 Å². The fourth-order valence-electron chi connectivity index (χ4n) is 5.15. The van der Waals surface area contributed by atoms with Crippen LogP contribution in [-0.4, -0.2) is 46.0 Å². The maximum absolute atomic E-state index is 13.9. The number of fused-ring (bicyclic) bond motifs is 1. The predicted molar refractivity (Wildman–Crippen MR) is 129 cm³/mol. The largest absolute Gasteiger partial charge is 0.365 e. The molecule has 1 atom stereocenters. The first-order valence-electron chi connectivity index (χ1n) is 12.0. The fraction of sp³-hybridized carbons (Fsp3) is 0.407. The van der Waals surface area contributed by atoms with Gasteiger partial charge in [0.25, 0.3) is 5.91 Å². The number of rotatable bonds is 3. The molecule has 0 spiro atoms. The number of benzene rings is 2. The molecule has 1 amide bonds. The molecule has 3 aromatic rings. The second kappa shape index (κ2) is 9.00. The van der Waals surface area contributed by atoms with Crippen molar-refractivity contribution < 1.29 is 9.18 Å². The van der Waals surface area contributed by atoms with Gasteiger partial charge in [0.1, 0.15) is 17.3 Å². The highest BCUT2D eigenvalue weighted by Gasteiger charge is 2.32. The minimum absolute atomic E-state index is 0.00120. The third-order valence-corrected chi connectivity index (χ3v) is 6.93. The average molecular weight is 447 g/mol. The minimum atomic E-state index is -0.285. The van der Waals surface area contributed by atoms with Crippen molar-refractivity contribution in [2.75, 3.05) is 24.5 Å². The number of aromatic nitrogens is 2. The van der Waals surface area contributed by atoms with Crippen molar-refractivity contribution in [2.45, 2.75) is 52.1 Å². The van der Waals surface area contributed by atoms with Gasteiger partial charge in [-0.1, -0.05) is 36.2 Å². The van der Waals surface area contributed by atoms with E-state index in [2.05, 4.69) is 47.6 Å². The highest BCUT2D eigenvalue weighted by Crippen LogP contribution is 2.29. The normalized spacial score (nSPS) is 18.7. The Hall–Kier alpha value is -3.15. The molecule has 2 aromatic carbocycles. The molecule has 2 aliphatic rings. The van der Waals surface area contributed by atoms with Gasteiger partial charge in [-0.05, 0) is 57.4 Å². The Kier molecular flexibility index (Phi) is 5.92. The standard InChI is InChI=1S/C27H31FN4O/c1-19-10-12-23(13-11-19)31-16-15-30(18-20(31)2)27(33)25-24-9-4-3-5-14-32(24)26(29-25)21-7-6-8-22(28)17-21/h6-8,10-13,17,20H,3-5,9,14-16,18H2,1-2H3. The zero-order valence-electron chi connectivity index (χ0n) is 19.4. The maximum Gasteiger partial charge on any atom is 0.274 e. The molecule has 33 heavy (non-hydrogen) atoms. The third kappa shape index (κ3) is 4.26. The lowest BCUT2D eigenvalue weighted by molar-refractivity contribution is 0.0719. The summed E-state index contributed by atoms with van der Waals surface area (Å²) in [5.41, 5.74) is 4.73. The molecule has 1 saturated heterocycles. The van der Waals surface area contributed by atoms with Crippen LogP contribution in [0.1, 0.15) is 47.9 Å². The molecule has 3 heterocycles. The van der Waals surface area contributed by atoms with Gasteiger partial charge in [-0.15, -0.1) is 0 Å². The van der Waals surface area contributed by atoms with Crippen molar-refractivity contribution >= 4 is 11.6 Å². The van der Waals surface area contributed by atoms with Crippen molar-refractivity contribution in [3.63, 3.8) is 0 Å². The lowest BCUT2D eigenvalue weighted by Crippen LogP contribution is -2.54. The smallest absolute Gasteiger partial charge is 0.274 e. The number of piperazine rings is 1. The molecule has 0 N–H and O–H groups in total. The van der Waals surface area contributed by atoms with E-state index in [9.17, 15) is 9.18 Å². The summed E-state index contributed by atoms with van der Waals surface area (Å²) in [7, 11) is 0. The number of anilines is 1. The molecule has 2 aliphatic heterocycles. The molecule has 1 fully saturated rings. The van der Waals surface area contributed by atoms with E-state index >= 15 is 0 Å². The molecule has 172 valence electrons. The number of carbonyl (C=O) groups is 1. The molecular formula is C27H31FN4O. The monoisotopic (exact) mass is 446 g/mol. The molecular weight excluding hydrogens is 415 g/mol. The lowest BCUT2D eigenvalue weighted by atomic mass is 10.1. The summed E-state index contributed by atoms with van der Waals surface area (Å²) in [4.78, 5) is 22.8. The highest BCUT2D eigenvalue weighted by atomic mass is 19.1. The lowest BCUT2D eigenvalue weighted by Gasteiger charge is -2.41. The predicted octanol–water partition coefficient (Wildman–Crippen LogP) is 5.07. The first-order valence-corrected chi connectivity index (χ1v) is 12.0. The van der Waals surface area contributed by atoms with E-state index in [0.29, 0.717) is 24.6 Å². The van der Waals surface area contributed by atoms with Gasteiger partial charge in [0.05, 0.1) is 5.69 Å². The number of nitrogens with zero attached hydrogens (tertiary/aromatic N) is 4. The van der Waals surface area contributed by atoms with E-state index in [-0.39, 0.29) is 17.8 Å². The number of amides is 1. The number of imidazole rings is 1. The summed E-state index contributed by atoms with van der Waals surface area (Å²) in [5.74, 6) is 0.423. The summed E-state index contributed by atoms with van der Waals surface area (Å²) in [6.45, 7) is 7.20. The minimum Gasteiger partial charge on any atom is -0.365 e. The highest BCUT2D eigenvalue weighted by molar-refractivity contribution is 5.94. The number of hydrogen-bond donors (Lipinski definition) is 0. The Morgan fingerprint density at radius 2 is 1.85 bits per heavy atom. The molecule has 0 bridgehead atoms. The van der Waals surface area contributed by atoms with Crippen molar-refractivity contribution in [1.82, 2.24) is 14.5 Å². The number of aryl methyl sites for hydroxylation is 1. The van der Waals surface area contributed by atoms with E-state index in [0.717, 1.165) is 50.0 Å². The van der Waals surface area contributed by atoms with Crippen LogP contribution in [0.2, 0.25) is 0 Å². The maximum atomic E-state index is 13.9. The van der Waals surface area contributed by atoms with Gasteiger partial charge in [0.2, 0.25) is 0 Å². The number of hydrogen-bond acceptors (Lipinski definition) is 3. The topological polar surface area (TPSA) is 41.4 Å². The molecule has 0 saturated carbocycles. The van der Waals surface area contributed by atoms with Gasteiger partial charge in [-0.3, -0.25) is 4.79 Å². The summed E-state index contributed by atoms with van der Waals surface area (Å²) >= 11 is 0. The molecule has 5 rings (SSSR count). The van der Waals surface area contributed by atoms with Crippen molar-refractivity contribution in [2.24, 2.45) is 0 Å². The van der Waals surface area contributed by atoms with E-state index in [1.807, 2.05) is 11.0 Å². The van der Waals surface area contributed by atoms with Crippen LogP contribution in [0.4, 0.5) is 10.1 Å². The van der Waals surface area contributed by atoms with Gasteiger partial charge in [0, 0.05) is 43.5 Å². The Balaban J connectivity index is 1.42. The second-order valence-electron chi connectivity index (χ2n) is 9.33.